The smallest absolute Gasteiger partial charge is 0.324 e. The van der Waals surface area contributed by atoms with Crippen LogP contribution in [0, 0.1) is 0 Å². The van der Waals surface area contributed by atoms with Crippen LogP contribution in [0.2, 0.25) is 0 Å². The molecule has 0 bridgehead atoms. The minimum Gasteiger partial charge on any atom is -0.480 e. The van der Waals surface area contributed by atoms with Gasteiger partial charge in [0.15, 0.2) is 0 Å². The first-order valence-corrected chi connectivity index (χ1v) is 6.00. The van der Waals surface area contributed by atoms with E-state index in [4.69, 9.17) is 5.11 Å². The quantitative estimate of drug-likeness (QED) is 0.809. The Morgan fingerprint density at radius 1 is 1.50 bits per heavy atom. The Hall–Kier alpha value is -1.34. The zero-order chi connectivity index (χ0) is 12.6. The molecule has 0 aromatic carbocycles. The minimum atomic E-state index is -3.78. The van der Waals surface area contributed by atoms with Gasteiger partial charge in [-0.2, -0.15) is 4.31 Å². The van der Waals surface area contributed by atoms with Gasteiger partial charge in [-0.15, -0.1) is 0 Å². The molecule has 0 unspecified atom stereocenters. The number of carboxylic acid groups (broad SMARTS) is 1. The lowest BCUT2D eigenvalue weighted by Crippen LogP contribution is -2.50. The van der Waals surface area contributed by atoms with Crippen LogP contribution in [0.3, 0.4) is 0 Å². The Bertz CT molecular complexity index is 476. The molecule has 2 N–H and O–H groups in total. The number of carbonyl (C=O) groups is 1. The zero-order valence-electron chi connectivity index (χ0n) is 9.26. The summed E-state index contributed by atoms with van der Waals surface area (Å²) in [5.74, 6) is -1.20. The summed E-state index contributed by atoms with van der Waals surface area (Å²) in [5.41, 5.74) is -1.49. The van der Waals surface area contributed by atoms with Gasteiger partial charge in [0.2, 0.25) is 10.0 Å². The first kappa shape index (κ1) is 12.7. The lowest BCUT2D eigenvalue weighted by atomic mass is 10.1. The van der Waals surface area contributed by atoms with Crippen LogP contribution < -0.4 is 0 Å². The summed E-state index contributed by atoms with van der Waals surface area (Å²) in [6.45, 7) is 2.67. The normalized spacial score (nSPS) is 13.0. The van der Waals surface area contributed by atoms with Gasteiger partial charge in [0.05, 0.1) is 4.90 Å². The average molecular weight is 246 g/mol. The monoisotopic (exact) mass is 246 g/mol. The molecule has 1 rings (SSSR count). The number of nitrogens with one attached hydrogen (secondary N) is 1. The molecule has 0 aliphatic carbocycles. The molecule has 6 nitrogen and oxygen atoms in total. The number of H-pyrrole nitrogens is 1. The molecule has 1 aromatic rings. The Kier molecular flexibility index (Phi) is 3.11. The summed E-state index contributed by atoms with van der Waals surface area (Å²) < 4.78 is 24.8. The molecule has 16 heavy (non-hydrogen) atoms. The summed E-state index contributed by atoms with van der Waals surface area (Å²) >= 11 is 0. The molecule has 90 valence electrons. The van der Waals surface area contributed by atoms with Crippen LogP contribution in [-0.2, 0) is 14.8 Å². The minimum absolute atomic E-state index is 0.0457. The van der Waals surface area contributed by atoms with E-state index in [1.54, 1.807) is 0 Å². The van der Waals surface area contributed by atoms with Crippen molar-refractivity contribution in [2.75, 3.05) is 7.05 Å². The van der Waals surface area contributed by atoms with Crippen molar-refractivity contribution in [3.05, 3.63) is 18.5 Å². The van der Waals surface area contributed by atoms with E-state index < -0.39 is 21.5 Å². The Balaban J connectivity index is 3.17. The SMILES string of the molecule is CN(C(C)(C)C(=O)O)S(=O)(=O)c1cc[nH]c1. The van der Waals surface area contributed by atoms with E-state index in [9.17, 15) is 13.2 Å². The van der Waals surface area contributed by atoms with E-state index in [-0.39, 0.29) is 4.90 Å². The molecule has 7 heteroatoms. The number of aliphatic carboxylic acids is 1. The number of hydrogen-bond acceptors (Lipinski definition) is 3. The largest absolute Gasteiger partial charge is 0.480 e. The fourth-order valence-corrected chi connectivity index (χ4v) is 2.51. The number of carboxylic acids is 1. The van der Waals surface area contributed by atoms with Gasteiger partial charge in [-0.1, -0.05) is 0 Å². The van der Waals surface area contributed by atoms with E-state index in [0.717, 1.165) is 4.31 Å². The predicted molar refractivity (Wildman–Crippen MR) is 57.5 cm³/mol. The van der Waals surface area contributed by atoms with Crippen molar-refractivity contribution in [2.24, 2.45) is 0 Å². The fraction of sp³-hybridized carbons (Fsp3) is 0.444. The molecular formula is C9H14N2O4S. The predicted octanol–water partition coefficient (Wildman–Crippen LogP) is 0.498. The van der Waals surface area contributed by atoms with Gasteiger partial charge >= 0.3 is 5.97 Å². The van der Waals surface area contributed by atoms with Crippen LogP contribution >= 0.6 is 0 Å². The van der Waals surface area contributed by atoms with Crippen molar-refractivity contribution in [3.63, 3.8) is 0 Å². The summed E-state index contributed by atoms with van der Waals surface area (Å²) in [6, 6.07) is 1.38. The van der Waals surface area contributed by atoms with E-state index in [1.807, 2.05) is 0 Å². The van der Waals surface area contributed by atoms with Gasteiger partial charge < -0.3 is 10.1 Å². The zero-order valence-corrected chi connectivity index (χ0v) is 10.1. The van der Waals surface area contributed by atoms with Crippen LogP contribution in [-0.4, -0.2) is 41.4 Å². The number of nitrogens with zero attached hydrogens (tertiary/aromatic N) is 1. The van der Waals surface area contributed by atoms with Crippen LogP contribution in [0.5, 0.6) is 0 Å². The van der Waals surface area contributed by atoms with Crippen molar-refractivity contribution in [1.82, 2.24) is 9.29 Å². The number of hydrogen-bond donors (Lipinski definition) is 2. The Morgan fingerprint density at radius 2 is 2.06 bits per heavy atom. The van der Waals surface area contributed by atoms with E-state index >= 15 is 0 Å². The second-order valence-corrected chi connectivity index (χ2v) is 5.85. The first-order valence-electron chi connectivity index (χ1n) is 4.56. The van der Waals surface area contributed by atoms with Crippen LogP contribution in [0.1, 0.15) is 13.8 Å². The summed E-state index contributed by atoms with van der Waals surface area (Å²) in [6.07, 6.45) is 2.78. The molecule has 0 amide bonds. The molecule has 0 fully saturated rings. The highest BCUT2D eigenvalue weighted by Crippen LogP contribution is 2.22. The van der Waals surface area contributed by atoms with Crippen molar-refractivity contribution < 1.29 is 18.3 Å². The molecule has 0 aliphatic rings. The van der Waals surface area contributed by atoms with E-state index in [1.165, 1.54) is 39.4 Å². The Labute approximate surface area is 93.9 Å². The lowest BCUT2D eigenvalue weighted by molar-refractivity contribution is -0.145. The summed E-state index contributed by atoms with van der Waals surface area (Å²) in [7, 11) is -2.53. The van der Waals surface area contributed by atoms with Crippen molar-refractivity contribution in [3.8, 4) is 0 Å². The van der Waals surface area contributed by atoms with Gasteiger partial charge in [-0.05, 0) is 19.9 Å². The molecule has 0 radical (unpaired) electrons. The molecule has 1 aromatic heterocycles. The standard InChI is InChI=1S/C9H14N2O4S/c1-9(2,8(12)13)11(3)16(14,15)7-4-5-10-6-7/h4-6,10H,1-3H3,(H,12,13). The van der Waals surface area contributed by atoms with E-state index in [0.29, 0.717) is 0 Å². The molecule has 0 aliphatic heterocycles. The molecule has 0 saturated carbocycles. The average Bonchev–Trinajstić information content (AvgIpc) is 2.69. The number of aromatic amines is 1. The van der Waals surface area contributed by atoms with Gasteiger partial charge in [0, 0.05) is 19.4 Å². The van der Waals surface area contributed by atoms with Gasteiger partial charge in [0.25, 0.3) is 0 Å². The van der Waals surface area contributed by atoms with Gasteiger partial charge in [0.1, 0.15) is 5.54 Å². The highest BCUT2D eigenvalue weighted by Gasteiger charge is 2.40. The van der Waals surface area contributed by atoms with Gasteiger partial charge in [-0.3, -0.25) is 4.79 Å². The summed E-state index contributed by atoms with van der Waals surface area (Å²) in [5, 5.41) is 8.96. The molecule has 0 spiro atoms. The van der Waals surface area contributed by atoms with Crippen LogP contribution in [0.25, 0.3) is 0 Å². The fourth-order valence-electron chi connectivity index (χ4n) is 1.06. The second-order valence-electron chi connectivity index (χ2n) is 3.88. The number of aromatic nitrogens is 1. The van der Waals surface area contributed by atoms with Crippen molar-refractivity contribution in [2.45, 2.75) is 24.3 Å². The third kappa shape index (κ3) is 1.96. The maximum absolute atomic E-state index is 12.0. The Morgan fingerprint density at radius 3 is 2.44 bits per heavy atom. The summed E-state index contributed by atoms with van der Waals surface area (Å²) in [4.78, 5) is 13.6. The maximum Gasteiger partial charge on any atom is 0.324 e. The number of rotatable bonds is 4. The number of likely N-dealkylation sites (N-methyl/N-ethyl adjacent to an activating group) is 1. The van der Waals surface area contributed by atoms with E-state index in [2.05, 4.69) is 4.98 Å². The molecule has 0 atom stereocenters. The maximum atomic E-state index is 12.0. The van der Waals surface area contributed by atoms with Gasteiger partial charge in [-0.25, -0.2) is 8.42 Å². The topological polar surface area (TPSA) is 90.5 Å². The third-order valence-electron chi connectivity index (χ3n) is 2.54. The van der Waals surface area contributed by atoms with Crippen LogP contribution in [0.15, 0.2) is 23.4 Å². The highest BCUT2D eigenvalue weighted by molar-refractivity contribution is 7.89. The number of sulfonamides is 1. The molecule has 1 heterocycles. The third-order valence-corrected chi connectivity index (χ3v) is 4.57. The molecule has 0 saturated heterocycles. The lowest BCUT2D eigenvalue weighted by Gasteiger charge is -2.30. The van der Waals surface area contributed by atoms with Crippen molar-refractivity contribution >= 4 is 16.0 Å². The second kappa shape index (κ2) is 3.91. The highest BCUT2D eigenvalue weighted by atomic mass is 32.2. The molecular weight excluding hydrogens is 232 g/mol. The first-order chi connectivity index (χ1) is 7.20. The van der Waals surface area contributed by atoms with Crippen LogP contribution in [0.4, 0.5) is 0 Å². The van der Waals surface area contributed by atoms with Crippen molar-refractivity contribution in [1.29, 1.82) is 0 Å².